The molecule has 0 atom stereocenters. The third-order valence-electron chi connectivity index (χ3n) is 5.42. The van der Waals surface area contributed by atoms with E-state index in [1.54, 1.807) is 0 Å². The van der Waals surface area contributed by atoms with Gasteiger partial charge in [0.2, 0.25) is 0 Å². The Kier molecular flexibility index (Phi) is 21.9. The van der Waals surface area contributed by atoms with Gasteiger partial charge in [-0.25, -0.2) is 0 Å². The quantitative estimate of drug-likeness (QED) is 0.217. The number of carboxylic acid groups (broad SMARTS) is 4. The molecule has 3 rings (SSSR count). The molecule has 11 heteroatoms. The van der Waals surface area contributed by atoms with E-state index in [1.165, 1.54) is 11.1 Å². The molecule has 37 heavy (non-hydrogen) atoms. The SMILES string of the molecule is O=C(O)C1(C(=O)O)CCC1.O=C(O)CCCc1ccccc1.O=C(O)CCCc1ccccc1.[NH2-].[NH2-].[Pt+2]. The Labute approximate surface area is 231 Å². The molecule has 1 aliphatic carbocycles. The van der Waals surface area contributed by atoms with Crippen LogP contribution in [0.5, 0.6) is 0 Å². The summed E-state index contributed by atoms with van der Waals surface area (Å²) in [6.45, 7) is 0. The van der Waals surface area contributed by atoms with E-state index in [9.17, 15) is 19.2 Å². The molecule has 208 valence electrons. The van der Waals surface area contributed by atoms with Crippen molar-refractivity contribution >= 4 is 23.9 Å². The van der Waals surface area contributed by atoms with Crippen molar-refractivity contribution in [3.8, 4) is 0 Å². The molecule has 0 spiro atoms. The summed E-state index contributed by atoms with van der Waals surface area (Å²) in [6, 6.07) is 19.9. The predicted octanol–water partition coefficient (Wildman–Crippen LogP) is 5.95. The van der Waals surface area contributed by atoms with Gasteiger partial charge in [-0.3, -0.25) is 19.2 Å². The Morgan fingerprint density at radius 2 is 0.946 bits per heavy atom. The first kappa shape index (κ1) is 38.5. The first-order chi connectivity index (χ1) is 16.2. The first-order valence-electron chi connectivity index (χ1n) is 11.2. The number of aliphatic carboxylic acids is 4. The van der Waals surface area contributed by atoms with E-state index in [4.69, 9.17) is 20.4 Å². The Bertz CT molecular complexity index is 851. The molecule has 0 heterocycles. The van der Waals surface area contributed by atoms with E-state index in [0.29, 0.717) is 6.42 Å². The second-order valence-electron chi connectivity index (χ2n) is 8.01. The zero-order valence-corrected chi connectivity index (χ0v) is 22.8. The number of rotatable bonds is 10. The summed E-state index contributed by atoms with van der Waals surface area (Å²) in [5.74, 6) is -3.84. The normalized spacial score (nSPS) is 12.0. The van der Waals surface area contributed by atoms with E-state index in [-0.39, 0.29) is 59.0 Å². The molecule has 1 aliphatic rings. The fourth-order valence-corrected chi connectivity index (χ4v) is 3.23. The molecule has 0 aliphatic heterocycles. The fourth-order valence-electron chi connectivity index (χ4n) is 3.23. The van der Waals surface area contributed by atoms with Crippen molar-refractivity contribution in [2.75, 3.05) is 0 Å². The average molecular weight is 700 g/mol. The van der Waals surface area contributed by atoms with E-state index in [1.807, 2.05) is 60.7 Å². The number of hydrogen-bond donors (Lipinski definition) is 4. The summed E-state index contributed by atoms with van der Waals surface area (Å²) < 4.78 is 0. The maximum absolute atomic E-state index is 10.4. The van der Waals surface area contributed by atoms with Gasteiger partial charge in [0.25, 0.3) is 0 Å². The van der Waals surface area contributed by atoms with Gasteiger partial charge in [-0.15, -0.1) is 0 Å². The van der Waals surface area contributed by atoms with Crippen LogP contribution in [-0.2, 0) is 53.1 Å². The molecule has 2 aromatic carbocycles. The van der Waals surface area contributed by atoms with Gasteiger partial charge in [-0.2, -0.15) is 0 Å². The van der Waals surface area contributed by atoms with Crippen molar-refractivity contribution in [3.05, 3.63) is 84.1 Å². The van der Waals surface area contributed by atoms with Crippen LogP contribution in [0.4, 0.5) is 0 Å². The van der Waals surface area contributed by atoms with E-state index in [0.717, 1.165) is 25.7 Å². The van der Waals surface area contributed by atoms with Crippen molar-refractivity contribution in [1.29, 1.82) is 0 Å². The molecule has 0 saturated heterocycles. The third-order valence-corrected chi connectivity index (χ3v) is 5.42. The Morgan fingerprint density at radius 3 is 1.14 bits per heavy atom. The molecule has 8 N–H and O–H groups in total. The molecule has 0 unspecified atom stereocenters. The number of nitrogens with two attached hydrogens (primary N) is 2. The van der Waals surface area contributed by atoms with Crippen LogP contribution in [0.3, 0.4) is 0 Å². The minimum Gasteiger partial charge on any atom is -0.693 e. The standard InChI is InChI=1S/2C10H12O2.C6H8O4.2H2N.Pt/c2*11-10(12)8-4-7-9-5-2-1-3-6-9;7-4(8)6(5(9)10)2-1-3-6;;;/h2*1-3,5-6H,4,7-8H2,(H,11,12);1-3H2,(H,7,8)(H,9,10);2*1H2;/q;;;2*-1;+2. The van der Waals surface area contributed by atoms with Crippen molar-refractivity contribution < 1.29 is 60.7 Å². The summed E-state index contributed by atoms with van der Waals surface area (Å²) in [4.78, 5) is 41.1. The van der Waals surface area contributed by atoms with Gasteiger partial charge in [0.1, 0.15) is 0 Å². The van der Waals surface area contributed by atoms with E-state index >= 15 is 0 Å². The van der Waals surface area contributed by atoms with E-state index in [2.05, 4.69) is 0 Å². The molecule has 0 radical (unpaired) electrons. The predicted molar refractivity (Wildman–Crippen MR) is 136 cm³/mol. The zero-order valence-electron chi connectivity index (χ0n) is 20.5. The molecular weight excluding hydrogens is 663 g/mol. The first-order valence-corrected chi connectivity index (χ1v) is 11.2. The molecule has 1 fully saturated rings. The number of benzene rings is 2. The number of hydrogen-bond acceptors (Lipinski definition) is 4. The second kappa shape index (κ2) is 21.1. The zero-order chi connectivity index (χ0) is 25.4. The second-order valence-corrected chi connectivity index (χ2v) is 8.01. The van der Waals surface area contributed by atoms with Crippen molar-refractivity contribution in [1.82, 2.24) is 0 Å². The molecule has 0 aromatic heterocycles. The maximum atomic E-state index is 10.4. The Balaban J connectivity index is -0.000000452. The Hall–Kier alpha value is -3.07. The number of aryl methyl sites for hydroxylation is 2. The largest absolute Gasteiger partial charge is 2.00 e. The van der Waals surface area contributed by atoms with Gasteiger partial charge in [0.05, 0.1) is 0 Å². The van der Waals surface area contributed by atoms with E-state index < -0.39 is 29.3 Å². The molecule has 10 nitrogen and oxygen atoms in total. The summed E-state index contributed by atoms with van der Waals surface area (Å²) in [7, 11) is 0. The molecular formula is C26H36N2O8Pt. The van der Waals surface area contributed by atoms with Crippen LogP contribution in [-0.4, -0.2) is 44.3 Å². The average Bonchev–Trinajstić information content (AvgIpc) is 2.74. The van der Waals surface area contributed by atoms with Crippen LogP contribution in [0.25, 0.3) is 12.3 Å². The van der Waals surface area contributed by atoms with Gasteiger partial charge in [-0.05, 0) is 56.1 Å². The molecule has 1 saturated carbocycles. The van der Waals surface area contributed by atoms with Crippen LogP contribution < -0.4 is 0 Å². The summed E-state index contributed by atoms with van der Waals surface area (Å²) in [5, 5.41) is 33.7. The van der Waals surface area contributed by atoms with Crippen LogP contribution in [0.15, 0.2) is 60.7 Å². The van der Waals surface area contributed by atoms with Crippen LogP contribution >= 0.6 is 0 Å². The smallest absolute Gasteiger partial charge is 0.693 e. The monoisotopic (exact) mass is 699 g/mol. The van der Waals surface area contributed by atoms with Crippen molar-refractivity contribution in [2.45, 2.75) is 57.8 Å². The number of carboxylic acids is 4. The minimum absolute atomic E-state index is 0. The topological polar surface area (TPSA) is 216 Å². The summed E-state index contributed by atoms with van der Waals surface area (Å²) in [5.41, 5.74) is 0.970. The van der Waals surface area contributed by atoms with Crippen molar-refractivity contribution in [2.24, 2.45) is 5.41 Å². The Morgan fingerprint density at radius 1 is 0.622 bits per heavy atom. The fraction of sp³-hybridized carbons (Fsp3) is 0.385. The van der Waals surface area contributed by atoms with Gasteiger partial charge in [0.15, 0.2) is 5.41 Å². The van der Waals surface area contributed by atoms with Gasteiger partial charge >= 0.3 is 44.9 Å². The molecule has 0 bridgehead atoms. The van der Waals surface area contributed by atoms with Crippen LogP contribution in [0.2, 0.25) is 0 Å². The maximum Gasteiger partial charge on any atom is 2.00 e. The van der Waals surface area contributed by atoms with Crippen LogP contribution in [0.1, 0.15) is 56.1 Å². The molecule has 0 amide bonds. The van der Waals surface area contributed by atoms with Gasteiger partial charge in [0, 0.05) is 12.8 Å². The van der Waals surface area contributed by atoms with Gasteiger partial charge < -0.3 is 32.7 Å². The number of carbonyl (C=O) groups is 4. The third kappa shape index (κ3) is 15.6. The summed E-state index contributed by atoms with van der Waals surface area (Å²) >= 11 is 0. The summed E-state index contributed by atoms with van der Waals surface area (Å²) in [6.07, 6.45) is 4.93. The van der Waals surface area contributed by atoms with Crippen LogP contribution in [0, 0.1) is 5.41 Å². The molecule has 2 aromatic rings. The van der Waals surface area contributed by atoms with Gasteiger partial charge in [-0.1, -0.05) is 60.7 Å². The minimum atomic E-state index is -1.44. The van der Waals surface area contributed by atoms with Crippen molar-refractivity contribution in [3.63, 3.8) is 0 Å².